The summed E-state index contributed by atoms with van der Waals surface area (Å²) in [6.07, 6.45) is 1.39. The average Bonchev–Trinajstić information content (AvgIpc) is 3.09. The zero-order valence-electron chi connectivity index (χ0n) is 9.19. The molecule has 1 fully saturated rings. The maximum absolute atomic E-state index is 12.0. The van der Waals surface area contributed by atoms with E-state index in [0.717, 1.165) is 5.56 Å². The first-order valence-electron chi connectivity index (χ1n) is 5.31. The smallest absolute Gasteiger partial charge is 0.241 e. The van der Waals surface area contributed by atoms with E-state index in [2.05, 4.69) is 20.7 Å². The van der Waals surface area contributed by atoms with Crippen molar-refractivity contribution < 1.29 is 13.5 Å². The summed E-state index contributed by atoms with van der Waals surface area (Å²) in [6, 6.07) is 6.68. The number of hydrogen-bond donors (Lipinski definition) is 2. The van der Waals surface area contributed by atoms with Gasteiger partial charge in [-0.1, -0.05) is 28.1 Å². The summed E-state index contributed by atoms with van der Waals surface area (Å²) in [5, 5.41) is 9.81. The molecule has 0 bridgehead atoms. The summed E-state index contributed by atoms with van der Waals surface area (Å²) in [7, 11) is -3.52. The second-order valence-electron chi connectivity index (χ2n) is 4.32. The van der Waals surface area contributed by atoms with Crippen LogP contribution in [0.2, 0.25) is 0 Å². The van der Waals surface area contributed by atoms with Crippen LogP contribution in [-0.2, 0) is 15.4 Å². The molecule has 0 amide bonds. The second-order valence-corrected chi connectivity index (χ2v) is 6.56. The van der Waals surface area contributed by atoms with E-state index in [1.54, 1.807) is 24.3 Å². The van der Waals surface area contributed by atoms with E-state index in [1.807, 2.05) is 0 Å². The van der Waals surface area contributed by atoms with Gasteiger partial charge in [0.1, 0.15) is 0 Å². The van der Waals surface area contributed by atoms with Crippen molar-refractivity contribution in [1.29, 1.82) is 0 Å². The molecule has 1 aliphatic rings. The number of hydrogen-bond acceptors (Lipinski definition) is 3. The SMILES string of the molecule is O=S(=O)(NC1(CO)CC1)c1ccc(CBr)cc1. The van der Waals surface area contributed by atoms with Crippen LogP contribution in [-0.4, -0.2) is 25.7 Å². The van der Waals surface area contributed by atoms with Crippen LogP contribution in [0.3, 0.4) is 0 Å². The van der Waals surface area contributed by atoms with Crippen molar-refractivity contribution in [2.45, 2.75) is 28.6 Å². The summed E-state index contributed by atoms with van der Waals surface area (Å²) >= 11 is 3.30. The van der Waals surface area contributed by atoms with Crippen LogP contribution >= 0.6 is 15.9 Å². The summed E-state index contributed by atoms with van der Waals surface area (Å²) in [5.41, 5.74) is 0.402. The fourth-order valence-electron chi connectivity index (χ4n) is 1.54. The van der Waals surface area contributed by atoms with Crippen LogP contribution < -0.4 is 4.72 Å². The zero-order valence-corrected chi connectivity index (χ0v) is 11.6. The highest BCUT2D eigenvalue weighted by molar-refractivity contribution is 9.08. The molecule has 0 radical (unpaired) electrons. The average molecular weight is 320 g/mol. The minimum atomic E-state index is -3.52. The van der Waals surface area contributed by atoms with Gasteiger partial charge in [-0.15, -0.1) is 0 Å². The van der Waals surface area contributed by atoms with Crippen molar-refractivity contribution in [3.8, 4) is 0 Å². The third kappa shape index (κ3) is 2.88. The third-order valence-corrected chi connectivity index (χ3v) is 5.14. The summed E-state index contributed by atoms with van der Waals surface area (Å²) < 4.78 is 26.6. The Balaban J connectivity index is 2.19. The number of alkyl halides is 1. The molecule has 1 aromatic rings. The standard InChI is InChI=1S/C11H14BrNO3S/c12-7-9-1-3-10(4-2-9)17(15,16)13-11(8-14)5-6-11/h1-4,13-14H,5-8H2. The number of aliphatic hydroxyl groups excluding tert-OH is 1. The molecule has 4 nitrogen and oxygen atoms in total. The molecule has 0 spiro atoms. The predicted molar refractivity (Wildman–Crippen MR) is 68.4 cm³/mol. The number of rotatable bonds is 5. The Labute approximate surface area is 109 Å². The van der Waals surface area contributed by atoms with Crippen molar-refractivity contribution in [2.75, 3.05) is 6.61 Å². The van der Waals surface area contributed by atoms with Gasteiger partial charge >= 0.3 is 0 Å². The van der Waals surface area contributed by atoms with Gasteiger partial charge in [0.2, 0.25) is 10.0 Å². The van der Waals surface area contributed by atoms with E-state index in [1.165, 1.54) is 0 Å². The molecule has 0 aromatic heterocycles. The van der Waals surface area contributed by atoms with Crippen LogP contribution in [0.25, 0.3) is 0 Å². The Morgan fingerprint density at radius 2 is 1.88 bits per heavy atom. The van der Waals surface area contributed by atoms with Gasteiger partial charge in [-0.2, -0.15) is 0 Å². The minimum absolute atomic E-state index is 0.147. The fourth-order valence-corrected chi connectivity index (χ4v) is 3.37. The van der Waals surface area contributed by atoms with Crippen molar-refractivity contribution in [1.82, 2.24) is 4.72 Å². The van der Waals surface area contributed by atoms with Gasteiger partial charge in [-0.25, -0.2) is 13.1 Å². The lowest BCUT2D eigenvalue weighted by molar-refractivity contribution is 0.246. The molecule has 2 rings (SSSR count). The van der Waals surface area contributed by atoms with Crippen molar-refractivity contribution in [3.63, 3.8) is 0 Å². The van der Waals surface area contributed by atoms with Gasteiger partial charge in [-0.3, -0.25) is 0 Å². The number of sulfonamides is 1. The Morgan fingerprint density at radius 1 is 1.29 bits per heavy atom. The van der Waals surface area contributed by atoms with E-state index in [0.29, 0.717) is 18.2 Å². The van der Waals surface area contributed by atoms with Crippen LogP contribution in [0.1, 0.15) is 18.4 Å². The van der Waals surface area contributed by atoms with Crippen LogP contribution in [0.15, 0.2) is 29.2 Å². The molecular formula is C11H14BrNO3S. The topological polar surface area (TPSA) is 66.4 Å². The fraction of sp³-hybridized carbons (Fsp3) is 0.455. The number of halogens is 1. The van der Waals surface area contributed by atoms with E-state index in [4.69, 9.17) is 5.11 Å². The monoisotopic (exact) mass is 319 g/mol. The maximum atomic E-state index is 12.0. The van der Waals surface area contributed by atoms with Gasteiger partial charge in [-0.05, 0) is 30.5 Å². The van der Waals surface area contributed by atoms with E-state index >= 15 is 0 Å². The highest BCUT2D eigenvalue weighted by Gasteiger charge is 2.45. The van der Waals surface area contributed by atoms with E-state index in [9.17, 15) is 8.42 Å². The molecule has 1 saturated carbocycles. The zero-order chi connectivity index (χ0) is 12.5. The number of nitrogens with one attached hydrogen (secondary N) is 1. The van der Waals surface area contributed by atoms with Gasteiger partial charge in [0.25, 0.3) is 0 Å². The normalized spacial score (nSPS) is 18.0. The van der Waals surface area contributed by atoms with Crippen LogP contribution in [0.5, 0.6) is 0 Å². The molecule has 1 aromatic carbocycles. The molecule has 0 heterocycles. The largest absolute Gasteiger partial charge is 0.394 e. The molecule has 2 N–H and O–H groups in total. The second kappa shape index (κ2) is 4.68. The Morgan fingerprint density at radius 3 is 2.29 bits per heavy atom. The lowest BCUT2D eigenvalue weighted by atomic mass is 10.2. The Kier molecular flexibility index (Phi) is 3.58. The lowest BCUT2D eigenvalue weighted by Gasteiger charge is -2.14. The van der Waals surface area contributed by atoms with Crippen molar-refractivity contribution in [3.05, 3.63) is 29.8 Å². The van der Waals surface area contributed by atoms with E-state index in [-0.39, 0.29) is 11.5 Å². The lowest BCUT2D eigenvalue weighted by Crippen LogP contribution is -2.39. The summed E-state index contributed by atoms with van der Waals surface area (Å²) in [5.74, 6) is 0. The van der Waals surface area contributed by atoms with Gasteiger partial charge in [0.05, 0.1) is 17.0 Å². The number of benzene rings is 1. The summed E-state index contributed by atoms with van der Waals surface area (Å²) in [4.78, 5) is 0.238. The number of aliphatic hydroxyl groups is 1. The molecule has 0 aliphatic heterocycles. The molecule has 0 unspecified atom stereocenters. The van der Waals surface area contributed by atoms with Crippen LogP contribution in [0.4, 0.5) is 0 Å². The highest BCUT2D eigenvalue weighted by atomic mass is 79.9. The Hall–Kier alpha value is -0.430. The van der Waals surface area contributed by atoms with Crippen molar-refractivity contribution in [2.24, 2.45) is 0 Å². The summed E-state index contributed by atoms with van der Waals surface area (Å²) in [6.45, 7) is -0.147. The van der Waals surface area contributed by atoms with Gasteiger partial charge in [0.15, 0.2) is 0 Å². The van der Waals surface area contributed by atoms with Gasteiger partial charge in [0, 0.05) is 5.33 Å². The predicted octanol–water partition coefficient (Wildman–Crippen LogP) is 1.38. The molecule has 0 saturated heterocycles. The molecule has 94 valence electrons. The molecule has 0 atom stereocenters. The highest BCUT2D eigenvalue weighted by Crippen LogP contribution is 2.36. The van der Waals surface area contributed by atoms with Gasteiger partial charge < -0.3 is 5.11 Å². The minimum Gasteiger partial charge on any atom is -0.394 e. The first-order chi connectivity index (χ1) is 8.01. The molecule has 17 heavy (non-hydrogen) atoms. The Bertz CT molecular complexity index is 494. The molecule has 1 aliphatic carbocycles. The van der Waals surface area contributed by atoms with Crippen LogP contribution in [0, 0.1) is 0 Å². The van der Waals surface area contributed by atoms with Crippen molar-refractivity contribution >= 4 is 26.0 Å². The molecular weight excluding hydrogens is 306 g/mol. The first-order valence-corrected chi connectivity index (χ1v) is 7.92. The molecule has 6 heteroatoms. The first kappa shape index (κ1) is 13.0. The maximum Gasteiger partial charge on any atom is 0.241 e. The van der Waals surface area contributed by atoms with E-state index < -0.39 is 15.6 Å². The third-order valence-electron chi connectivity index (χ3n) is 2.90. The quantitative estimate of drug-likeness (QED) is 0.806.